The van der Waals surface area contributed by atoms with E-state index in [-0.39, 0.29) is 0 Å². The van der Waals surface area contributed by atoms with Gasteiger partial charge in [-0.25, -0.2) is 0 Å². The topological polar surface area (TPSA) is 12.0 Å². The van der Waals surface area contributed by atoms with Crippen molar-refractivity contribution in [2.45, 2.75) is 24.6 Å². The summed E-state index contributed by atoms with van der Waals surface area (Å²) in [7, 11) is 0. The minimum atomic E-state index is 0.555. The highest BCUT2D eigenvalue weighted by atomic mass is 32.2. The van der Waals surface area contributed by atoms with E-state index in [0.29, 0.717) is 4.87 Å². The lowest BCUT2D eigenvalue weighted by Crippen LogP contribution is -2.48. The molecule has 1 spiro atoms. The van der Waals surface area contributed by atoms with Gasteiger partial charge in [-0.2, -0.15) is 0 Å². The van der Waals surface area contributed by atoms with Crippen LogP contribution in [-0.4, -0.2) is 17.2 Å². The quantitative estimate of drug-likeness (QED) is 0.551. The molecular weight excluding hydrogens is 130 g/mol. The molecule has 9 heavy (non-hydrogen) atoms. The van der Waals surface area contributed by atoms with E-state index in [1.807, 2.05) is 0 Å². The number of hydrogen-bond donors (Lipinski definition) is 1. The standard InChI is InChI=1S/C7H13NS/c1-6-4-7(5-6)8-2-3-9-7/h6,8H,2-5H2,1H3. The molecule has 0 aromatic carbocycles. The predicted octanol–water partition coefficient (Wildman–Crippen LogP) is 1.45. The van der Waals surface area contributed by atoms with Crippen molar-refractivity contribution in [3.05, 3.63) is 0 Å². The average Bonchev–Trinajstić information content (AvgIpc) is 2.12. The van der Waals surface area contributed by atoms with Crippen LogP contribution in [0.5, 0.6) is 0 Å². The summed E-state index contributed by atoms with van der Waals surface area (Å²) in [6.45, 7) is 3.57. The maximum Gasteiger partial charge on any atom is 0.0651 e. The van der Waals surface area contributed by atoms with Crippen LogP contribution in [0.2, 0.25) is 0 Å². The van der Waals surface area contributed by atoms with E-state index >= 15 is 0 Å². The van der Waals surface area contributed by atoms with Crippen molar-refractivity contribution in [2.24, 2.45) is 5.92 Å². The minimum absolute atomic E-state index is 0.555. The first-order valence-electron chi connectivity index (χ1n) is 3.70. The summed E-state index contributed by atoms with van der Waals surface area (Å²) >= 11 is 2.12. The van der Waals surface area contributed by atoms with E-state index in [9.17, 15) is 0 Å². The third kappa shape index (κ3) is 0.887. The van der Waals surface area contributed by atoms with Crippen LogP contribution in [0.25, 0.3) is 0 Å². The molecule has 2 heteroatoms. The second-order valence-electron chi connectivity index (χ2n) is 3.28. The number of thioether (sulfide) groups is 1. The Hall–Kier alpha value is 0.310. The van der Waals surface area contributed by atoms with Gasteiger partial charge in [0, 0.05) is 12.3 Å². The Bertz CT molecular complexity index is 110. The van der Waals surface area contributed by atoms with Crippen LogP contribution in [0.1, 0.15) is 19.8 Å². The molecule has 1 saturated heterocycles. The molecule has 0 unspecified atom stereocenters. The van der Waals surface area contributed by atoms with Gasteiger partial charge in [0.05, 0.1) is 4.87 Å². The lowest BCUT2D eigenvalue weighted by Gasteiger charge is -2.42. The van der Waals surface area contributed by atoms with E-state index < -0.39 is 0 Å². The molecule has 52 valence electrons. The van der Waals surface area contributed by atoms with Gasteiger partial charge in [0.1, 0.15) is 0 Å². The summed E-state index contributed by atoms with van der Waals surface area (Å²) in [5.74, 6) is 2.30. The highest BCUT2D eigenvalue weighted by Crippen LogP contribution is 2.47. The average molecular weight is 143 g/mol. The van der Waals surface area contributed by atoms with Gasteiger partial charge in [0.2, 0.25) is 0 Å². The van der Waals surface area contributed by atoms with Gasteiger partial charge in [-0.05, 0) is 18.8 Å². The van der Waals surface area contributed by atoms with Crippen LogP contribution >= 0.6 is 11.8 Å². The van der Waals surface area contributed by atoms with E-state index in [1.54, 1.807) is 0 Å². The fraction of sp³-hybridized carbons (Fsp3) is 1.00. The van der Waals surface area contributed by atoms with Crippen LogP contribution in [-0.2, 0) is 0 Å². The summed E-state index contributed by atoms with van der Waals surface area (Å²) in [5.41, 5.74) is 0. The Balaban J connectivity index is 1.95. The molecule has 1 saturated carbocycles. The molecule has 0 radical (unpaired) electrons. The zero-order valence-electron chi connectivity index (χ0n) is 5.81. The van der Waals surface area contributed by atoms with Crippen LogP contribution in [0.3, 0.4) is 0 Å². The maximum atomic E-state index is 3.56. The molecule has 0 aromatic rings. The van der Waals surface area contributed by atoms with Crippen molar-refractivity contribution in [2.75, 3.05) is 12.3 Å². The third-order valence-electron chi connectivity index (χ3n) is 2.28. The molecule has 1 nitrogen and oxygen atoms in total. The van der Waals surface area contributed by atoms with Crippen molar-refractivity contribution in [3.8, 4) is 0 Å². The number of hydrogen-bond acceptors (Lipinski definition) is 2. The summed E-state index contributed by atoms with van der Waals surface area (Å²) < 4.78 is 0. The first-order chi connectivity index (χ1) is 4.31. The normalized spacial score (nSPS) is 49.7. The van der Waals surface area contributed by atoms with Crippen molar-refractivity contribution < 1.29 is 0 Å². The van der Waals surface area contributed by atoms with Gasteiger partial charge in [-0.3, -0.25) is 0 Å². The molecule has 1 aliphatic carbocycles. The molecule has 0 bridgehead atoms. The van der Waals surface area contributed by atoms with Crippen LogP contribution in [0.4, 0.5) is 0 Å². The van der Waals surface area contributed by atoms with Crippen LogP contribution in [0.15, 0.2) is 0 Å². The van der Waals surface area contributed by atoms with E-state index in [2.05, 4.69) is 24.0 Å². The van der Waals surface area contributed by atoms with E-state index in [4.69, 9.17) is 0 Å². The molecule has 1 heterocycles. The van der Waals surface area contributed by atoms with Gasteiger partial charge >= 0.3 is 0 Å². The van der Waals surface area contributed by atoms with Gasteiger partial charge in [0.25, 0.3) is 0 Å². The summed E-state index contributed by atoms with van der Waals surface area (Å²) in [6.07, 6.45) is 2.80. The molecule has 1 N–H and O–H groups in total. The van der Waals surface area contributed by atoms with Crippen LogP contribution in [0, 0.1) is 5.92 Å². The Morgan fingerprint density at radius 1 is 1.56 bits per heavy atom. The highest BCUT2D eigenvalue weighted by molar-refractivity contribution is 8.00. The van der Waals surface area contributed by atoms with E-state index in [1.165, 1.54) is 25.1 Å². The van der Waals surface area contributed by atoms with Crippen molar-refractivity contribution in [1.29, 1.82) is 0 Å². The summed E-state index contributed by atoms with van der Waals surface area (Å²) in [6, 6.07) is 0. The predicted molar refractivity (Wildman–Crippen MR) is 41.6 cm³/mol. The Morgan fingerprint density at radius 2 is 2.33 bits per heavy atom. The van der Waals surface area contributed by atoms with Crippen molar-refractivity contribution >= 4 is 11.8 Å². The molecule has 2 fully saturated rings. The minimum Gasteiger partial charge on any atom is -0.302 e. The molecule has 0 atom stereocenters. The first kappa shape index (κ1) is 6.05. The highest BCUT2D eigenvalue weighted by Gasteiger charge is 2.44. The fourth-order valence-electron chi connectivity index (χ4n) is 1.90. The lowest BCUT2D eigenvalue weighted by molar-refractivity contribution is 0.221. The van der Waals surface area contributed by atoms with E-state index in [0.717, 1.165) is 5.92 Å². The van der Waals surface area contributed by atoms with Crippen molar-refractivity contribution in [1.82, 2.24) is 5.32 Å². The van der Waals surface area contributed by atoms with Gasteiger partial charge < -0.3 is 5.32 Å². The van der Waals surface area contributed by atoms with Crippen LogP contribution < -0.4 is 5.32 Å². The zero-order chi connectivity index (χ0) is 6.32. The molecular formula is C7H13NS. The van der Waals surface area contributed by atoms with Crippen molar-refractivity contribution in [3.63, 3.8) is 0 Å². The molecule has 0 aromatic heterocycles. The Kier molecular flexibility index (Phi) is 1.27. The summed E-state index contributed by atoms with van der Waals surface area (Å²) in [5, 5.41) is 3.56. The number of rotatable bonds is 0. The lowest BCUT2D eigenvalue weighted by atomic mass is 9.81. The smallest absolute Gasteiger partial charge is 0.0651 e. The Morgan fingerprint density at radius 3 is 2.78 bits per heavy atom. The third-order valence-corrected chi connectivity index (χ3v) is 3.72. The molecule has 2 aliphatic rings. The monoisotopic (exact) mass is 143 g/mol. The van der Waals surface area contributed by atoms with Gasteiger partial charge in [0.15, 0.2) is 0 Å². The number of nitrogens with one attached hydrogen (secondary N) is 1. The fourth-order valence-corrected chi connectivity index (χ4v) is 3.51. The molecule has 1 aliphatic heterocycles. The SMILES string of the molecule is CC1CC2(C1)NCCS2. The second kappa shape index (κ2) is 1.89. The molecule has 2 rings (SSSR count). The second-order valence-corrected chi connectivity index (χ2v) is 4.76. The zero-order valence-corrected chi connectivity index (χ0v) is 6.63. The largest absolute Gasteiger partial charge is 0.302 e. The Labute approximate surface area is 60.6 Å². The first-order valence-corrected chi connectivity index (χ1v) is 4.68. The van der Waals surface area contributed by atoms with Gasteiger partial charge in [-0.15, -0.1) is 11.8 Å². The maximum absolute atomic E-state index is 3.56. The molecule has 0 amide bonds. The van der Waals surface area contributed by atoms with Gasteiger partial charge in [-0.1, -0.05) is 6.92 Å². The summed E-state index contributed by atoms with van der Waals surface area (Å²) in [4.78, 5) is 0.555.